The summed E-state index contributed by atoms with van der Waals surface area (Å²) < 4.78 is 0. The fourth-order valence-electron chi connectivity index (χ4n) is 3.16. The van der Waals surface area contributed by atoms with E-state index in [4.69, 9.17) is 0 Å². The van der Waals surface area contributed by atoms with Crippen molar-refractivity contribution < 1.29 is 14.4 Å². The number of thiophene rings is 1. The largest absolute Gasteiger partial charge is 0.329 e. The summed E-state index contributed by atoms with van der Waals surface area (Å²) in [6.45, 7) is 3.63. The maximum Gasteiger partial charge on any atom is 0.329 e. The van der Waals surface area contributed by atoms with Crippen molar-refractivity contribution in [1.29, 1.82) is 0 Å². The van der Waals surface area contributed by atoms with Crippen LogP contribution in [0.3, 0.4) is 0 Å². The third kappa shape index (κ3) is 4.73. The van der Waals surface area contributed by atoms with E-state index in [1.54, 1.807) is 18.2 Å². The van der Waals surface area contributed by atoms with Gasteiger partial charge in [0.25, 0.3) is 5.91 Å². The topological polar surface area (TPSA) is 78.5 Å². The molecule has 1 aliphatic rings. The van der Waals surface area contributed by atoms with Gasteiger partial charge in [0.1, 0.15) is 12.2 Å². The number of anilines is 1. The smallest absolute Gasteiger partial charge is 0.325 e. The van der Waals surface area contributed by atoms with Crippen molar-refractivity contribution in [3.8, 4) is 11.1 Å². The second-order valence-electron chi connectivity index (χ2n) is 7.40. The molecule has 2 aromatic carbocycles. The average Bonchev–Trinajstić information content (AvgIpc) is 3.31. The molecule has 1 saturated heterocycles. The molecule has 0 radical (unpaired) electrons. The van der Waals surface area contributed by atoms with E-state index in [0.717, 1.165) is 26.5 Å². The quantitative estimate of drug-likeness (QED) is 0.459. The second-order valence-corrected chi connectivity index (χ2v) is 8.34. The lowest BCUT2D eigenvalue weighted by Gasteiger charge is -2.12. The number of benzene rings is 2. The number of nitrogens with one attached hydrogen (secondary N) is 2. The monoisotopic (exact) mass is 431 g/mol. The summed E-state index contributed by atoms with van der Waals surface area (Å²) in [7, 11) is 0. The Hall–Kier alpha value is -3.71. The predicted octanol–water partition coefficient (Wildman–Crippen LogP) is 4.56. The van der Waals surface area contributed by atoms with Gasteiger partial charge in [-0.3, -0.25) is 9.59 Å². The van der Waals surface area contributed by atoms with Crippen molar-refractivity contribution in [1.82, 2.24) is 10.2 Å². The first-order valence-corrected chi connectivity index (χ1v) is 10.6. The zero-order valence-electron chi connectivity index (χ0n) is 17.1. The predicted molar refractivity (Wildman–Crippen MR) is 123 cm³/mol. The van der Waals surface area contributed by atoms with Gasteiger partial charge < -0.3 is 10.6 Å². The Balaban J connectivity index is 1.44. The van der Waals surface area contributed by atoms with Gasteiger partial charge in [-0.15, -0.1) is 11.3 Å². The van der Waals surface area contributed by atoms with Crippen molar-refractivity contribution in [2.24, 2.45) is 0 Å². The fraction of sp³-hybridized carbons (Fsp3) is 0.125. The minimum atomic E-state index is -0.606. The van der Waals surface area contributed by atoms with Crippen LogP contribution in [0.5, 0.6) is 0 Å². The highest BCUT2D eigenvalue weighted by molar-refractivity contribution is 7.11. The Kier molecular flexibility index (Phi) is 5.68. The minimum absolute atomic E-state index is 0.158. The number of urea groups is 1. The molecule has 0 spiro atoms. The number of hydrogen-bond donors (Lipinski definition) is 2. The number of aryl methyl sites for hydroxylation is 2. The molecule has 7 heteroatoms. The Morgan fingerprint density at radius 1 is 1.00 bits per heavy atom. The molecule has 0 atom stereocenters. The van der Waals surface area contributed by atoms with Crippen LogP contribution >= 0.6 is 11.3 Å². The molecule has 4 rings (SSSR count). The molecular formula is C24H21N3O3S. The first-order valence-electron chi connectivity index (χ1n) is 9.76. The van der Waals surface area contributed by atoms with Crippen molar-refractivity contribution in [3.05, 3.63) is 81.7 Å². The second kappa shape index (κ2) is 8.57. The van der Waals surface area contributed by atoms with Gasteiger partial charge in [0, 0.05) is 10.6 Å². The van der Waals surface area contributed by atoms with Crippen LogP contribution in [0.2, 0.25) is 0 Å². The van der Waals surface area contributed by atoms with Crippen LogP contribution in [0, 0.1) is 13.8 Å². The third-order valence-electron chi connectivity index (χ3n) is 4.89. The standard InChI is InChI=1S/C24H21N3O3S/c1-15-3-7-17(8-4-15)18-11-20(31-14-18)12-21-23(29)27(24(30)26-21)13-22(28)25-19-9-5-16(2)6-10-19/h3-12,14H,13H2,1-2H3,(H,25,28)(H,26,30)/b21-12-. The first-order chi connectivity index (χ1) is 14.9. The summed E-state index contributed by atoms with van der Waals surface area (Å²) in [6, 6.07) is 16.8. The van der Waals surface area contributed by atoms with Gasteiger partial charge in [0.05, 0.1) is 0 Å². The van der Waals surface area contributed by atoms with E-state index in [-0.39, 0.29) is 12.2 Å². The maximum absolute atomic E-state index is 12.7. The van der Waals surface area contributed by atoms with Gasteiger partial charge >= 0.3 is 6.03 Å². The van der Waals surface area contributed by atoms with Crippen molar-refractivity contribution in [2.45, 2.75) is 13.8 Å². The van der Waals surface area contributed by atoms with Crippen LogP contribution < -0.4 is 10.6 Å². The Labute approximate surface area is 184 Å². The number of rotatable bonds is 5. The van der Waals surface area contributed by atoms with E-state index < -0.39 is 17.8 Å². The Bertz CT molecular complexity index is 1180. The molecule has 3 aromatic rings. The molecule has 0 saturated carbocycles. The number of nitrogens with zero attached hydrogens (tertiary/aromatic N) is 1. The van der Waals surface area contributed by atoms with Crippen LogP contribution in [0.4, 0.5) is 10.5 Å². The number of hydrogen-bond acceptors (Lipinski definition) is 4. The summed E-state index contributed by atoms with van der Waals surface area (Å²) in [4.78, 5) is 39.0. The average molecular weight is 432 g/mol. The zero-order valence-corrected chi connectivity index (χ0v) is 18.0. The summed E-state index contributed by atoms with van der Waals surface area (Å²) in [5, 5.41) is 7.26. The molecule has 1 fully saturated rings. The van der Waals surface area contributed by atoms with Gasteiger partial charge in [-0.2, -0.15) is 0 Å². The number of carbonyl (C=O) groups is 3. The van der Waals surface area contributed by atoms with Crippen LogP contribution in [-0.4, -0.2) is 29.3 Å². The molecule has 1 aliphatic heterocycles. The molecule has 0 bridgehead atoms. The fourth-order valence-corrected chi connectivity index (χ4v) is 4.01. The number of carbonyl (C=O) groups excluding carboxylic acids is 3. The third-order valence-corrected chi connectivity index (χ3v) is 5.77. The van der Waals surface area contributed by atoms with Gasteiger partial charge in [0.15, 0.2) is 0 Å². The first kappa shape index (κ1) is 20.6. The lowest BCUT2D eigenvalue weighted by Crippen LogP contribution is -2.38. The summed E-state index contributed by atoms with van der Waals surface area (Å²) >= 11 is 1.48. The van der Waals surface area contributed by atoms with Gasteiger partial charge in [-0.1, -0.05) is 47.5 Å². The lowest BCUT2D eigenvalue weighted by molar-refractivity contribution is -0.127. The normalized spacial score (nSPS) is 14.8. The Morgan fingerprint density at radius 3 is 2.32 bits per heavy atom. The molecule has 6 nitrogen and oxygen atoms in total. The lowest BCUT2D eigenvalue weighted by atomic mass is 10.1. The number of imide groups is 1. The van der Waals surface area contributed by atoms with Gasteiger partial charge in [-0.05, 0) is 54.6 Å². The molecule has 0 aliphatic carbocycles. The van der Waals surface area contributed by atoms with Crippen LogP contribution in [-0.2, 0) is 9.59 Å². The van der Waals surface area contributed by atoms with E-state index in [1.807, 2.05) is 61.7 Å². The van der Waals surface area contributed by atoms with Gasteiger partial charge in [0.2, 0.25) is 5.91 Å². The summed E-state index contributed by atoms with van der Waals surface area (Å²) in [6.07, 6.45) is 1.64. The maximum atomic E-state index is 12.7. The van der Waals surface area contributed by atoms with E-state index in [0.29, 0.717) is 5.69 Å². The van der Waals surface area contributed by atoms with E-state index in [9.17, 15) is 14.4 Å². The van der Waals surface area contributed by atoms with Crippen molar-refractivity contribution >= 4 is 40.9 Å². The molecule has 4 amide bonds. The molecular weight excluding hydrogens is 410 g/mol. The molecule has 2 N–H and O–H groups in total. The van der Waals surface area contributed by atoms with Crippen molar-refractivity contribution in [2.75, 3.05) is 11.9 Å². The van der Waals surface area contributed by atoms with E-state index in [1.165, 1.54) is 16.9 Å². The molecule has 156 valence electrons. The SMILES string of the molecule is Cc1ccc(NC(=O)CN2C(=O)N/C(=C\c3cc(-c4ccc(C)cc4)cs3)C2=O)cc1. The van der Waals surface area contributed by atoms with Crippen LogP contribution in [0.25, 0.3) is 17.2 Å². The molecule has 31 heavy (non-hydrogen) atoms. The Morgan fingerprint density at radius 2 is 1.65 bits per heavy atom. The minimum Gasteiger partial charge on any atom is -0.325 e. The summed E-state index contributed by atoms with van der Waals surface area (Å²) in [5.41, 5.74) is 5.16. The van der Waals surface area contributed by atoms with Crippen LogP contribution in [0.15, 0.2) is 65.7 Å². The molecule has 0 unspecified atom stereocenters. The van der Waals surface area contributed by atoms with Crippen LogP contribution in [0.1, 0.15) is 16.0 Å². The number of amides is 4. The van der Waals surface area contributed by atoms with E-state index in [2.05, 4.69) is 10.6 Å². The molecule has 1 aromatic heterocycles. The highest BCUT2D eigenvalue weighted by atomic mass is 32.1. The highest BCUT2D eigenvalue weighted by Gasteiger charge is 2.35. The highest BCUT2D eigenvalue weighted by Crippen LogP contribution is 2.28. The van der Waals surface area contributed by atoms with E-state index >= 15 is 0 Å². The van der Waals surface area contributed by atoms with Gasteiger partial charge in [-0.25, -0.2) is 9.69 Å². The summed E-state index contributed by atoms with van der Waals surface area (Å²) in [5.74, 6) is -0.958. The van der Waals surface area contributed by atoms with Crippen molar-refractivity contribution in [3.63, 3.8) is 0 Å². The zero-order chi connectivity index (χ0) is 22.0. The molecule has 2 heterocycles.